The summed E-state index contributed by atoms with van der Waals surface area (Å²) < 4.78 is 6.42. The summed E-state index contributed by atoms with van der Waals surface area (Å²) in [5.41, 5.74) is 7.52. The van der Waals surface area contributed by atoms with Crippen molar-refractivity contribution in [3.8, 4) is 16.2 Å². The molecule has 3 aromatic rings. The zero-order valence-corrected chi connectivity index (χ0v) is 15.0. The molecule has 0 bridgehead atoms. The van der Waals surface area contributed by atoms with E-state index in [2.05, 4.69) is 67.9 Å². The van der Waals surface area contributed by atoms with Crippen LogP contribution in [0, 0.1) is 20.8 Å². The van der Waals surface area contributed by atoms with Gasteiger partial charge in [-0.3, -0.25) is 0 Å². The zero-order chi connectivity index (χ0) is 16.7. The number of hydrogen-bond donors (Lipinski definition) is 1. The van der Waals surface area contributed by atoms with Crippen LogP contribution >= 0.6 is 11.3 Å². The van der Waals surface area contributed by atoms with Gasteiger partial charge in [-0.05, 0) is 54.5 Å². The lowest BCUT2D eigenvalue weighted by molar-refractivity contribution is 0.208. The molecule has 0 fully saturated rings. The highest BCUT2D eigenvalue weighted by Crippen LogP contribution is 2.46. The van der Waals surface area contributed by atoms with Crippen molar-refractivity contribution < 1.29 is 4.74 Å². The molecule has 0 amide bonds. The second-order valence-corrected chi connectivity index (χ2v) is 7.28. The first-order valence-electron chi connectivity index (χ1n) is 8.30. The fourth-order valence-corrected chi connectivity index (χ4v) is 4.39. The molecular weight excluding hydrogens is 314 g/mol. The summed E-state index contributed by atoms with van der Waals surface area (Å²) in [6, 6.07) is 14.7. The normalized spacial score (nSPS) is 16.2. The van der Waals surface area contributed by atoms with Crippen LogP contribution in [-0.4, -0.2) is 6.54 Å². The lowest BCUT2D eigenvalue weighted by Crippen LogP contribution is -2.25. The Balaban J connectivity index is 1.80. The molecule has 24 heavy (non-hydrogen) atoms. The fraction of sp³-hybridized carbons (Fsp3) is 0.238. The van der Waals surface area contributed by atoms with Crippen molar-refractivity contribution in [2.45, 2.75) is 26.9 Å². The molecule has 2 aromatic carbocycles. The number of benzene rings is 2. The third kappa shape index (κ3) is 2.40. The van der Waals surface area contributed by atoms with Gasteiger partial charge in [-0.1, -0.05) is 36.4 Å². The highest BCUT2D eigenvalue weighted by molar-refractivity contribution is 7.13. The van der Waals surface area contributed by atoms with Crippen LogP contribution in [0.1, 0.15) is 28.4 Å². The van der Waals surface area contributed by atoms with E-state index in [1.165, 1.54) is 32.7 Å². The number of fused-ring (bicyclic) bond motifs is 1. The van der Waals surface area contributed by atoms with E-state index in [-0.39, 0.29) is 6.10 Å². The summed E-state index contributed by atoms with van der Waals surface area (Å²) in [5, 5.41) is 5.77. The van der Waals surface area contributed by atoms with E-state index in [4.69, 9.17) is 4.74 Å². The Labute approximate surface area is 147 Å². The van der Waals surface area contributed by atoms with Gasteiger partial charge in [0.05, 0.1) is 12.2 Å². The van der Waals surface area contributed by atoms with Gasteiger partial charge < -0.3 is 10.1 Å². The molecule has 1 aliphatic rings. The molecule has 0 saturated carbocycles. The topological polar surface area (TPSA) is 21.3 Å². The number of anilines is 1. The molecule has 1 atom stereocenters. The molecule has 3 heteroatoms. The Bertz CT molecular complexity index is 869. The first-order valence-corrected chi connectivity index (χ1v) is 9.18. The van der Waals surface area contributed by atoms with Gasteiger partial charge >= 0.3 is 0 Å². The smallest absolute Gasteiger partial charge is 0.146 e. The predicted octanol–water partition coefficient (Wildman–Crippen LogP) is 5.89. The number of nitrogens with one attached hydrogen (secondary N) is 1. The monoisotopic (exact) mass is 335 g/mol. The summed E-state index contributed by atoms with van der Waals surface area (Å²) in [5.74, 6) is 1.01. The first kappa shape index (κ1) is 15.3. The van der Waals surface area contributed by atoms with Crippen molar-refractivity contribution in [1.29, 1.82) is 0 Å². The fourth-order valence-electron chi connectivity index (χ4n) is 3.50. The molecule has 1 unspecified atom stereocenters. The van der Waals surface area contributed by atoms with Gasteiger partial charge in [-0.2, -0.15) is 0 Å². The standard InChI is InChI=1S/C21H21NOS/c1-13-14(2)21-20(15(3)19(13)18-10-7-11-24-18)22-12-17(23-21)16-8-5-4-6-9-16/h4-11,17,22H,12H2,1-3H3. The van der Waals surface area contributed by atoms with Crippen LogP contribution in [0.3, 0.4) is 0 Å². The summed E-state index contributed by atoms with van der Waals surface area (Å²) >= 11 is 1.79. The lowest BCUT2D eigenvalue weighted by Gasteiger charge is -2.32. The van der Waals surface area contributed by atoms with Gasteiger partial charge in [0.1, 0.15) is 11.9 Å². The van der Waals surface area contributed by atoms with E-state index in [1.54, 1.807) is 11.3 Å². The molecule has 0 spiro atoms. The van der Waals surface area contributed by atoms with E-state index < -0.39 is 0 Å². The summed E-state index contributed by atoms with van der Waals surface area (Å²) in [4.78, 5) is 1.32. The van der Waals surface area contributed by atoms with Crippen LogP contribution in [0.5, 0.6) is 5.75 Å². The summed E-state index contributed by atoms with van der Waals surface area (Å²) in [6.07, 6.45) is 0.0591. The van der Waals surface area contributed by atoms with Crippen molar-refractivity contribution >= 4 is 17.0 Å². The van der Waals surface area contributed by atoms with Gasteiger partial charge in [0.15, 0.2) is 0 Å². The van der Waals surface area contributed by atoms with Crippen LogP contribution in [0.2, 0.25) is 0 Å². The molecule has 0 radical (unpaired) electrons. The number of rotatable bonds is 2. The molecule has 4 rings (SSSR count). The molecule has 2 nitrogen and oxygen atoms in total. The van der Waals surface area contributed by atoms with Gasteiger partial charge in [-0.25, -0.2) is 0 Å². The van der Waals surface area contributed by atoms with E-state index >= 15 is 0 Å². The highest BCUT2D eigenvalue weighted by atomic mass is 32.1. The maximum Gasteiger partial charge on any atom is 0.146 e. The molecule has 122 valence electrons. The van der Waals surface area contributed by atoms with Crippen molar-refractivity contribution in [2.24, 2.45) is 0 Å². The van der Waals surface area contributed by atoms with Gasteiger partial charge in [-0.15, -0.1) is 11.3 Å². The van der Waals surface area contributed by atoms with Gasteiger partial charge in [0, 0.05) is 10.4 Å². The Morgan fingerprint density at radius 2 is 1.75 bits per heavy atom. The molecular formula is C21H21NOS. The Kier molecular flexibility index (Phi) is 3.81. The predicted molar refractivity (Wildman–Crippen MR) is 102 cm³/mol. The van der Waals surface area contributed by atoms with E-state index in [1.807, 2.05) is 6.07 Å². The van der Waals surface area contributed by atoms with Crippen molar-refractivity contribution in [1.82, 2.24) is 0 Å². The highest BCUT2D eigenvalue weighted by Gasteiger charge is 2.27. The van der Waals surface area contributed by atoms with E-state index in [0.29, 0.717) is 0 Å². The van der Waals surface area contributed by atoms with E-state index in [0.717, 1.165) is 18.0 Å². The van der Waals surface area contributed by atoms with Crippen LogP contribution in [-0.2, 0) is 0 Å². The second-order valence-electron chi connectivity index (χ2n) is 6.33. The number of ether oxygens (including phenoxy) is 1. The molecule has 1 aliphatic heterocycles. The third-order valence-electron chi connectivity index (χ3n) is 4.92. The van der Waals surface area contributed by atoms with Gasteiger partial charge in [0.25, 0.3) is 0 Å². The van der Waals surface area contributed by atoms with Crippen molar-refractivity contribution in [3.05, 3.63) is 70.1 Å². The third-order valence-corrected chi connectivity index (χ3v) is 5.81. The Morgan fingerprint density at radius 3 is 2.46 bits per heavy atom. The summed E-state index contributed by atoms with van der Waals surface area (Å²) in [7, 11) is 0. The van der Waals surface area contributed by atoms with Crippen molar-refractivity contribution in [2.75, 3.05) is 11.9 Å². The SMILES string of the molecule is Cc1c(C)c(-c2cccs2)c(C)c2c1OC(c1ccccc1)CN2. The largest absolute Gasteiger partial charge is 0.481 e. The minimum Gasteiger partial charge on any atom is -0.481 e. The minimum absolute atomic E-state index is 0.0591. The molecule has 1 aromatic heterocycles. The summed E-state index contributed by atoms with van der Waals surface area (Å²) in [6.45, 7) is 7.36. The second kappa shape index (κ2) is 5.99. The average Bonchev–Trinajstić information content (AvgIpc) is 3.14. The van der Waals surface area contributed by atoms with Gasteiger partial charge in [0.2, 0.25) is 0 Å². The van der Waals surface area contributed by atoms with Crippen LogP contribution < -0.4 is 10.1 Å². The quantitative estimate of drug-likeness (QED) is 0.631. The van der Waals surface area contributed by atoms with E-state index in [9.17, 15) is 0 Å². The first-order chi connectivity index (χ1) is 11.7. The maximum absolute atomic E-state index is 6.42. The average molecular weight is 335 g/mol. The Morgan fingerprint density at radius 1 is 0.958 bits per heavy atom. The number of hydrogen-bond acceptors (Lipinski definition) is 3. The molecule has 2 heterocycles. The lowest BCUT2D eigenvalue weighted by atomic mass is 9.93. The van der Waals surface area contributed by atoms with Crippen molar-refractivity contribution in [3.63, 3.8) is 0 Å². The van der Waals surface area contributed by atoms with Crippen LogP contribution in [0.25, 0.3) is 10.4 Å². The molecule has 0 saturated heterocycles. The number of thiophene rings is 1. The van der Waals surface area contributed by atoms with Crippen LogP contribution in [0.4, 0.5) is 5.69 Å². The zero-order valence-electron chi connectivity index (χ0n) is 14.2. The molecule has 1 N–H and O–H groups in total. The Hall–Kier alpha value is -2.26. The maximum atomic E-state index is 6.42. The van der Waals surface area contributed by atoms with Crippen LogP contribution in [0.15, 0.2) is 47.8 Å². The minimum atomic E-state index is 0.0591. The molecule has 0 aliphatic carbocycles.